The van der Waals surface area contributed by atoms with Gasteiger partial charge in [0.15, 0.2) is 0 Å². The number of rotatable bonds is 4. The van der Waals surface area contributed by atoms with Crippen molar-refractivity contribution in [1.82, 2.24) is 9.88 Å². The van der Waals surface area contributed by atoms with Crippen LogP contribution in [0.1, 0.15) is 16.9 Å². The van der Waals surface area contributed by atoms with Crippen LogP contribution in [0.5, 0.6) is 0 Å². The summed E-state index contributed by atoms with van der Waals surface area (Å²) in [6, 6.07) is 3.93. The topological polar surface area (TPSA) is 70.5 Å². The fraction of sp³-hybridized carbons (Fsp3) is 0.308. The molecule has 3 heterocycles. The van der Waals surface area contributed by atoms with Crippen LogP contribution in [-0.4, -0.2) is 40.0 Å². The summed E-state index contributed by atoms with van der Waals surface area (Å²) in [7, 11) is 0. The number of aliphatic carboxylic acids is 1. The summed E-state index contributed by atoms with van der Waals surface area (Å²) >= 11 is 3.05. The predicted molar refractivity (Wildman–Crippen MR) is 77.1 cm³/mol. The molecule has 3 rings (SSSR count). The Labute approximate surface area is 123 Å². The lowest BCUT2D eigenvalue weighted by Crippen LogP contribution is -2.50. The Balaban J connectivity index is 1.63. The number of carboxylic acid groups (broad SMARTS) is 1. The van der Waals surface area contributed by atoms with Crippen molar-refractivity contribution in [2.75, 3.05) is 13.1 Å². The molecule has 0 atom stereocenters. The maximum absolute atomic E-state index is 12.2. The zero-order valence-electron chi connectivity index (χ0n) is 10.5. The highest BCUT2D eigenvalue weighted by Crippen LogP contribution is 2.29. The molecule has 5 nitrogen and oxygen atoms in total. The van der Waals surface area contributed by atoms with Crippen LogP contribution in [0.4, 0.5) is 0 Å². The van der Waals surface area contributed by atoms with E-state index in [0.717, 1.165) is 9.88 Å². The van der Waals surface area contributed by atoms with E-state index in [9.17, 15) is 9.59 Å². The normalized spacial score (nSPS) is 15.1. The number of carbonyl (C=O) groups excluding carboxylic acids is 1. The van der Waals surface area contributed by atoms with Gasteiger partial charge in [0.2, 0.25) is 0 Å². The fourth-order valence-electron chi connectivity index (χ4n) is 2.16. The van der Waals surface area contributed by atoms with E-state index >= 15 is 0 Å². The Morgan fingerprint density at radius 2 is 2.20 bits per heavy atom. The van der Waals surface area contributed by atoms with Crippen LogP contribution in [0.25, 0.3) is 9.88 Å². The van der Waals surface area contributed by atoms with Crippen molar-refractivity contribution in [3.8, 4) is 9.88 Å². The van der Waals surface area contributed by atoms with Gasteiger partial charge >= 0.3 is 5.97 Å². The average Bonchev–Trinajstić information content (AvgIpc) is 3.01. The van der Waals surface area contributed by atoms with Gasteiger partial charge in [-0.2, -0.15) is 0 Å². The van der Waals surface area contributed by atoms with Crippen LogP contribution in [0.3, 0.4) is 0 Å². The van der Waals surface area contributed by atoms with Gasteiger partial charge in [0, 0.05) is 24.4 Å². The molecule has 2 aromatic rings. The Hall–Kier alpha value is -1.73. The van der Waals surface area contributed by atoms with E-state index in [4.69, 9.17) is 5.11 Å². The second-order valence-corrected chi connectivity index (χ2v) is 6.50. The van der Waals surface area contributed by atoms with Gasteiger partial charge < -0.3 is 10.0 Å². The van der Waals surface area contributed by atoms with Crippen molar-refractivity contribution >= 4 is 34.6 Å². The molecule has 2 aromatic heterocycles. The summed E-state index contributed by atoms with van der Waals surface area (Å²) in [5.41, 5.74) is 0.451. The molecule has 0 spiro atoms. The molecule has 1 aliphatic heterocycles. The van der Waals surface area contributed by atoms with Gasteiger partial charge in [-0.3, -0.25) is 9.59 Å². The van der Waals surface area contributed by atoms with E-state index < -0.39 is 5.97 Å². The number of hydrogen-bond acceptors (Lipinski definition) is 5. The van der Waals surface area contributed by atoms with Crippen molar-refractivity contribution in [1.29, 1.82) is 0 Å². The summed E-state index contributed by atoms with van der Waals surface area (Å²) in [6.45, 7) is 1.02. The first-order chi connectivity index (χ1) is 9.63. The molecule has 1 fully saturated rings. The van der Waals surface area contributed by atoms with Crippen molar-refractivity contribution in [3.05, 3.63) is 28.6 Å². The van der Waals surface area contributed by atoms with Crippen LogP contribution < -0.4 is 0 Å². The zero-order chi connectivity index (χ0) is 14.1. The lowest BCUT2D eigenvalue weighted by molar-refractivity contribution is -0.139. The van der Waals surface area contributed by atoms with Gasteiger partial charge in [0.05, 0.1) is 11.3 Å². The molecule has 1 N–H and O–H groups in total. The maximum atomic E-state index is 12.2. The van der Waals surface area contributed by atoms with Gasteiger partial charge in [0.25, 0.3) is 5.91 Å². The zero-order valence-corrected chi connectivity index (χ0v) is 12.1. The van der Waals surface area contributed by atoms with Gasteiger partial charge in [0.1, 0.15) is 10.7 Å². The molecular weight excluding hydrogens is 296 g/mol. The summed E-state index contributed by atoms with van der Waals surface area (Å²) in [4.78, 5) is 29.8. The monoisotopic (exact) mass is 308 g/mol. The number of thiazole rings is 1. The minimum Gasteiger partial charge on any atom is -0.481 e. The Morgan fingerprint density at radius 1 is 1.40 bits per heavy atom. The SMILES string of the molecule is O=C(O)CC1CN(C(=O)c2csc(-c3cccs3)n2)C1. The van der Waals surface area contributed by atoms with E-state index in [1.54, 1.807) is 21.6 Å². The first-order valence-corrected chi connectivity index (χ1v) is 7.90. The fourth-order valence-corrected chi connectivity index (χ4v) is 3.77. The van der Waals surface area contributed by atoms with Gasteiger partial charge in [-0.15, -0.1) is 22.7 Å². The van der Waals surface area contributed by atoms with E-state index in [1.165, 1.54) is 11.3 Å². The van der Waals surface area contributed by atoms with Crippen molar-refractivity contribution in [2.45, 2.75) is 6.42 Å². The van der Waals surface area contributed by atoms with E-state index in [-0.39, 0.29) is 18.2 Å². The molecule has 0 saturated carbocycles. The van der Waals surface area contributed by atoms with E-state index in [2.05, 4.69) is 4.98 Å². The molecule has 1 amide bonds. The maximum Gasteiger partial charge on any atom is 0.303 e. The first-order valence-electron chi connectivity index (χ1n) is 6.14. The highest BCUT2D eigenvalue weighted by molar-refractivity contribution is 7.20. The van der Waals surface area contributed by atoms with Crippen LogP contribution in [0.15, 0.2) is 22.9 Å². The van der Waals surface area contributed by atoms with E-state index in [1.807, 2.05) is 17.5 Å². The molecule has 0 aliphatic carbocycles. The quantitative estimate of drug-likeness (QED) is 0.941. The predicted octanol–water partition coefficient (Wildman–Crippen LogP) is 2.42. The minimum atomic E-state index is -0.810. The molecule has 0 aromatic carbocycles. The van der Waals surface area contributed by atoms with E-state index in [0.29, 0.717) is 18.8 Å². The van der Waals surface area contributed by atoms with Crippen LogP contribution in [0.2, 0.25) is 0 Å². The number of carboxylic acids is 1. The third kappa shape index (κ3) is 2.59. The van der Waals surface area contributed by atoms with Crippen molar-refractivity contribution in [3.63, 3.8) is 0 Å². The number of thiophene rings is 1. The summed E-state index contributed by atoms with van der Waals surface area (Å²) < 4.78 is 0. The summed E-state index contributed by atoms with van der Waals surface area (Å²) in [5, 5.41) is 13.3. The number of hydrogen-bond donors (Lipinski definition) is 1. The lowest BCUT2D eigenvalue weighted by Gasteiger charge is -2.38. The molecule has 0 bridgehead atoms. The Kier molecular flexibility index (Phi) is 3.54. The molecule has 0 unspecified atom stereocenters. The number of amides is 1. The van der Waals surface area contributed by atoms with Crippen LogP contribution in [0, 0.1) is 5.92 Å². The number of nitrogens with zero attached hydrogens (tertiary/aromatic N) is 2. The van der Waals surface area contributed by atoms with Gasteiger partial charge in [-0.25, -0.2) is 4.98 Å². The Bertz CT molecular complexity index is 630. The first kappa shape index (κ1) is 13.3. The third-order valence-electron chi connectivity index (χ3n) is 3.16. The molecule has 1 saturated heterocycles. The van der Waals surface area contributed by atoms with Crippen LogP contribution >= 0.6 is 22.7 Å². The van der Waals surface area contributed by atoms with Crippen LogP contribution in [-0.2, 0) is 4.79 Å². The molecular formula is C13H12N2O3S2. The number of aromatic nitrogens is 1. The number of carbonyl (C=O) groups is 2. The minimum absolute atomic E-state index is 0.0758. The highest BCUT2D eigenvalue weighted by atomic mass is 32.1. The number of likely N-dealkylation sites (tertiary alicyclic amines) is 1. The standard InChI is InChI=1S/C13H12N2O3S2/c16-11(17)4-8-5-15(6-8)13(18)9-7-20-12(14-9)10-2-1-3-19-10/h1-3,7-8H,4-6H2,(H,16,17). The molecule has 20 heavy (non-hydrogen) atoms. The molecule has 1 aliphatic rings. The second-order valence-electron chi connectivity index (χ2n) is 4.69. The summed E-state index contributed by atoms with van der Waals surface area (Å²) in [6.07, 6.45) is 0.126. The molecule has 104 valence electrons. The highest BCUT2D eigenvalue weighted by Gasteiger charge is 2.33. The van der Waals surface area contributed by atoms with Gasteiger partial charge in [-0.05, 0) is 11.4 Å². The van der Waals surface area contributed by atoms with Gasteiger partial charge in [-0.1, -0.05) is 6.07 Å². The lowest BCUT2D eigenvalue weighted by atomic mass is 9.96. The molecule has 7 heteroatoms. The summed E-state index contributed by atoms with van der Waals surface area (Å²) in [5.74, 6) is -0.840. The second kappa shape index (κ2) is 5.34. The largest absolute Gasteiger partial charge is 0.481 e. The molecule has 0 radical (unpaired) electrons. The van der Waals surface area contributed by atoms with Crippen molar-refractivity contribution < 1.29 is 14.7 Å². The third-order valence-corrected chi connectivity index (χ3v) is 5.04. The smallest absolute Gasteiger partial charge is 0.303 e. The Morgan fingerprint density at radius 3 is 2.85 bits per heavy atom. The van der Waals surface area contributed by atoms with Crippen molar-refractivity contribution in [2.24, 2.45) is 5.92 Å². The average molecular weight is 308 g/mol.